The number of fused-ring (bicyclic) bond motifs is 1. The Balaban J connectivity index is 2.10. The molecule has 3 rings (SSSR count). The number of allylic oxidation sites excluding steroid dienone is 1. The second-order valence-electron chi connectivity index (χ2n) is 4.21. The van der Waals surface area contributed by atoms with E-state index in [-0.39, 0.29) is 0 Å². The first-order chi connectivity index (χ1) is 9.67. The Bertz CT molecular complexity index is 854. The summed E-state index contributed by atoms with van der Waals surface area (Å²) in [5.41, 5.74) is 2.97. The number of thiazole rings is 1. The van der Waals surface area contributed by atoms with E-state index in [0.29, 0.717) is 15.6 Å². The number of nitriles is 1. The quantitative estimate of drug-likeness (QED) is 0.726. The molecule has 2 heterocycles. The zero-order chi connectivity index (χ0) is 14.1. The fourth-order valence-corrected chi connectivity index (χ4v) is 2.89. The minimum absolute atomic E-state index is 0.498. The Morgan fingerprint density at radius 3 is 3.05 bits per heavy atom. The van der Waals surface area contributed by atoms with Crippen LogP contribution in [0.15, 0.2) is 24.5 Å². The van der Waals surface area contributed by atoms with E-state index >= 15 is 0 Å². The number of H-pyrrole nitrogens is 1. The van der Waals surface area contributed by atoms with Crippen LogP contribution in [-0.4, -0.2) is 15.0 Å². The van der Waals surface area contributed by atoms with Crippen LogP contribution in [0.25, 0.3) is 21.9 Å². The first-order valence-electron chi connectivity index (χ1n) is 5.85. The third-order valence-corrected chi connectivity index (χ3v) is 4.16. The van der Waals surface area contributed by atoms with Gasteiger partial charge in [0.25, 0.3) is 0 Å². The van der Waals surface area contributed by atoms with Crippen molar-refractivity contribution in [2.75, 3.05) is 0 Å². The minimum atomic E-state index is 0.498. The van der Waals surface area contributed by atoms with Gasteiger partial charge in [-0.2, -0.15) is 5.26 Å². The van der Waals surface area contributed by atoms with Crippen molar-refractivity contribution < 1.29 is 0 Å². The van der Waals surface area contributed by atoms with Crippen LogP contribution in [-0.2, 0) is 0 Å². The van der Waals surface area contributed by atoms with Crippen LogP contribution < -0.4 is 0 Å². The summed E-state index contributed by atoms with van der Waals surface area (Å²) in [5, 5.41) is 10.6. The highest BCUT2D eigenvalue weighted by Crippen LogP contribution is 2.29. The number of halogens is 1. The van der Waals surface area contributed by atoms with E-state index in [2.05, 4.69) is 21.0 Å². The third-order valence-electron chi connectivity index (χ3n) is 2.85. The summed E-state index contributed by atoms with van der Waals surface area (Å²) in [7, 11) is 0. The first kappa shape index (κ1) is 12.9. The fourth-order valence-electron chi connectivity index (χ4n) is 1.81. The highest BCUT2D eigenvalue weighted by Gasteiger charge is 2.10. The monoisotopic (exact) mass is 300 g/mol. The van der Waals surface area contributed by atoms with Crippen LogP contribution in [0.3, 0.4) is 0 Å². The largest absolute Gasteiger partial charge is 0.348 e. The van der Waals surface area contributed by atoms with Crippen LogP contribution in [0.1, 0.15) is 16.4 Å². The summed E-state index contributed by atoms with van der Waals surface area (Å²) in [6.45, 7) is 1.91. The molecule has 0 amide bonds. The number of aromatic amines is 1. The van der Waals surface area contributed by atoms with Crippen molar-refractivity contribution in [3.63, 3.8) is 0 Å². The number of aryl methyl sites for hydroxylation is 1. The molecule has 0 fully saturated rings. The number of nitrogens with one attached hydrogen (secondary N) is 1. The van der Waals surface area contributed by atoms with Crippen molar-refractivity contribution in [2.24, 2.45) is 0 Å². The molecule has 0 atom stereocenters. The second-order valence-corrected chi connectivity index (χ2v) is 5.68. The molecule has 98 valence electrons. The number of hydrogen-bond donors (Lipinski definition) is 1. The van der Waals surface area contributed by atoms with Gasteiger partial charge in [0.15, 0.2) is 0 Å². The first-order valence-corrected chi connectivity index (χ1v) is 7.05. The summed E-state index contributed by atoms with van der Waals surface area (Å²) in [4.78, 5) is 11.6. The molecule has 3 aromatic rings. The van der Waals surface area contributed by atoms with Gasteiger partial charge >= 0.3 is 0 Å². The van der Waals surface area contributed by atoms with E-state index in [1.54, 1.807) is 18.5 Å². The normalized spacial score (nSPS) is 11.8. The van der Waals surface area contributed by atoms with Crippen molar-refractivity contribution in [1.82, 2.24) is 15.0 Å². The molecule has 0 bridgehead atoms. The molecule has 4 nitrogen and oxygen atoms in total. The summed E-state index contributed by atoms with van der Waals surface area (Å²) < 4.78 is 1.00. The lowest BCUT2D eigenvalue weighted by Gasteiger charge is -1.92. The fraction of sp³-hybridized carbons (Fsp3) is 0.0714. The van der Waals surface area contributed by atoms with E-state index in [0.717, 1.165) is 21.6 Å². The molecule has 0 saturated heterocycles. The van der Waals surface area contributed by atoms with Gasteiger partial charge in [-0.3, -0.25) is 0 Å². The maximum atomic E-state index is 9.33. The van der Waals surface area contributed by atoms with Crippen LogP contribution in [0.2, 0.25) is 5.02 Å². The zero-order valence-electron chi connectivity index (χ0n) is 10.5. The number of imidazole rings is 1. The van der Waals surface area contributed by atoms with Crippen LogP contribution in [0, 0.1) is 18.3 Å². The second kappa shape index (κ2) is 5.08. The number of aromatic nitrogens is 3. The molecule has 0 aliphatic heterocycles. The van der Waals surface area contributed by atoms with Gasteiger partial charge in [-0.05, 0) is 31.2 Å². The maximum absolute atomic E-state index is 9.33. The smallest absolute Gasteiger partial charge is 0.135 e. The number of hydrogen-bond acceptors (Lipinski definition) is 4. The van der Waals surface area contributed by atoms with Crippen molar-refractivity contribution >= 4 is 44.8 Å². The molecule has 0 radical (unpaired) electrons. The van der Waals surface area contributed by atoms with E-state index in [9.17, 15) is 5.26 Å². The van der Waals surface area contributed by atoms with Gasteiger partial charge in [0.2, 0.25) is 0 Å². The average Bonchev–Trinajstić information content (AvgIpc) is 3.01. The maximum Gasteiger partial charge on any atom is 0.135 e. The molecular weight excluding hydrogens is 292 g/mol. The standard InChI is InChI=1S/C14H9ClN4S/c1-8-11(18-7-17-8)4-9(6-16)14-19-12-5-10(15)2-3-13(12)20-14/h2-5,7H,1H3,(H,17,18). The lowest BCUT2D eigenvalue weighted by molar-refractivity contribution is 1.25. The lowest BCUT2D eigenvalue weighted by atomic mass is 10.2. The molecule has 0 saturated carbocycles. The average molecular weight is 301 g/mol. The van der Waals surface area contributed by atoms with Gasteiger partial charge < -0.3 is 4.98 Å². The molecule has 0 aliphatic rings. The summed E-state index contributed by atoms with van der Waals surface area (Å²) in [6.07, 6.45) is 3.35. The van der Waals surface area contributed by atoms with Gasteiger partial charge in [0.05, 0.1) is 27.8 Å². The summed E-state index contributed by atoms with van der Waals surface area (Å²) in [6, 6.07) is 7.71. The van der Waals surface area contributed by atoms with Crippen LogP contribution >= 0.6 is 22.9 Å². The SMILES string of the molecule is Cc1[nH]cnc1C=C(C#N)c1nc2cc(Cl)ccc2s1. The Labute approximate surface area is 124 Å². The Morgan fingerprint density at radius 2 is 2.35 bits per heavy atom. The molecule has 2 aromatic heterocycles. The van der Waals surface area contributed by atoms with Crippen molar-refractivity contribution in [1.29, 1.82) is 5.26 Å². The molecule has 0 spiro atoms. The Kier molecular flexibility index (Phi) is 3.26. The van der Waals surface area contributed by atoms with Crippen molar-refractivity contribution in [2.45, 2.75) is 6.92 Å². The number of benzene rings is 1. The van der Waals surface area contributed by atoms with Gasteiger partial charge in [0, 0.05) is 10.7 Å². The number of rotatable bonds is 2. The van der Waals surface area contributed by atoms with E-state index < -0.39 is 0 Å². The summed E-state index contributed by atoms with van der Waals surface area (Å²) in [5.74, 6) is 0. The Hall–Kier alpha value is -2.16. The minimum Gasteiger partial charge on any atom is -0.348 e. The van der Waals surface area contributed by atoms with E-state index in [4.69, 9.17) is 11.6 Å². The van der Waals surface area contributed by atoms with E-state index in [1.807, 2.05) is 19.1 Å². The topological polar surface area (TPSA) is 65.4 Å². The molecule has 0 unspecified atom stereocenters. The van der Waals surface area contributed by atoms with Crippen molar-refractivity contribution in [3.05, 3.63) is 45.9 Å². The van der Waals surface area contributed by atoms with Crippen LogP contribution in [0.4, 0.5) is 0 Å². The Morgan fingerprint density at radius 1 is 1.50 bits per heavy atom. The van der Waals surface area contributed by atoms with Gasteiger partial charge in [-0.15, -0.1) is 11.3 Å². The third kappa shape index (κ3) is 2.31. The highest BCUT2D eigenvalue weighted by atomic mass is 35.5. The molecular formula is C14H9ClN4S. The van der Waals surface area contributed by atoms with Gasteiger partial charge in [-0.25, -0.2) is 9.97 Å². The molecule has 0 aliphatic carbocycles. The zero-order valence-corrected chi connectivity index (χ0v) is 12.1. The lowest BCUT2D eigenvalue weighted by Crippen LogP contribution is -1.82. The molecule has 1 N–H and O–H groups in total. The predicted molar refractivity (Wildman–Crippen MR) is 81.4 cm³/mol. The van der Waals surface area contributed by atoms with Gasteiger partial charge in [0.1, 0.15) is 11.1 Å². The van der Waals surface area contributed by atoms with Gasteiger partial charge in [-0.1, -0.05) is 11.6 Å². The molecule has 20 heavy (non-hydrogen) atoms. The van der Waals surface area contributed by atoms with E-state index in [1.165, 1.54) is 11.3 Å². The summed E-state index contributed by atoms with van der Waals surface area (Å²) >= 11 is 7.42. The van der Waals surface area contributed by atoms with Crippen molar-refractivity contribution in [3.8, 4) is 6.07 Å². The van der Waals surface area contributed by atoms with Crippen LogP contribution in [0.5, 0.6) is 0 Å². The molecule has 1 aromatic carbocycles. The predicted octanol–water partition coefficient (Wildman–Crippen LogP) is 4.05. The number of nitrogens with zero attached hydrogens (tertiary/aromatic N) is 3. The molecule has 6 heteroatoms. The highest BCUT2D eigenvalue weighted by molar-refractivity contribution is 7.19.